The van der Waals surface area contributed by atoms with Crippen molar-refractivity contribution >= 4 is 33.2 Å². The van der Waals surface area contributed by atoms with Gasteiger partial charge in [-0.1, -0.05) is 36.4 Å². The quantitative estimate of drug-likeness (QED) is 0.410. The largest absolute Gasteiger partial charge is 0.368 e. The summed E-state index contributed by atoms with van der Waals surface area (Å²) in [5, 5.41) is 10.1. The predicted molar refractivity (Wildman–Crippen MR) is 138 cm³/mol. The Bertz CT molecular complexity index is 1380. The second-order valence-electron chi connectivity index (χ2n) is 8.73. The Morgan fingerprint density at radius 2 is 1.91 bits per heavy atom. The number of hydrogen-bond donors (Lipinski definition) is 2. The first-order valence-electron chi connectivity index (χ1n) is 11.4. The highest BCUT2D eigenvalue weighted by atomic mass is 15.2. The molecule has 0 unspecified atom stereocenters. The minimum Gasteiger partial charge on any atom is -0.368 e. The first kappa shape index (κ1) is 21.2. The predicted octanol–water partition coefficient (Wildman–Crippen LogP) is 5.39. The van der Waals surface area contributed by atoms with Gasteiger partial charge in [0.2, 0.25) is 0 Å². The zero-order valence-corrected chi connectivity index (χ0v) is 19.5. The number of nitrogens with one attached hydrogen (secondary N) is 2. The van der Waals surface area contributed by atoms with Crippen LogP contribution in [0.25, 0.3) is 38.9 Å². The van der Waals surface area contributed by atoms with Crippen LogP contribution in [0.1, 0.15) is 19.4 Å². The van der Waals surface area contributed by atoms with Crippen LogP contribution in [0.5, 0.6) is 0 Å². The minimum atomic E-state index is 0.896. The summed E-state index contributed by atoms with van der Waals surface area (Å²) in [5.74, 6) is 0. The molecule has 4 heterocycles. The van der Waals surface area contributed by atoms with Crippen LogP contribution in [0, 0.1) is 0 Å². The monoisotopic (exact) mass is 438 g/mol. The number of allylic oxidation sites excluding steroid dienone is 5. The van der Waals surface area contributed by atoms with Crippen molar-refractivity contribution in [2.75, 3.05) is 38.1 Å². The second kappa shape index (κ2) is 8.71. The van der Waals surface area contributed by atoms with Crippen LogP contribution in [0.4, 0.5) is 5.69 Å². The fourth-order valence-corrected chi connectivity index (χ4v) is 4.50. The summed E-state index contributed by atoms with van der Waals surface area (Å²) in [6.07, 6.45) is 8.05. The van der Waals surface area contributed by atoms with Crippen molar-refractivity contribution in [3.63, 3.8) is 0 Å². The Kier molecular flexibility index (Phi) is 5.60. The third-order valence-electron chi connectivity index (χ3n) is 6.52. The highest BCUT2D eigenvalue weighted by molar-refractivity contribution is 5.99. The van der Waals surface area contributed by atoms with E-state index in [2.05, 4.69) is 99.9 Å². The third-order valence-corrected chi connectivity index (χ3v) is 6.52. The molecule has 0 atom stereocenters. The summed E-state index contributed by atoms with van der Waals surface area (Å²) in [7, 11) is 2.18. The van der Waals surface area contributed by atoms with Gasteiger partial charge in [0.1, 0.15) is 11.3 Å². The van der Waals surface area contributed by atoms with Crippen LogP contribution >= 0.6 is 0 Å². The van der Waals surface area contributed by atoms with Crippen molar-refractivity contribution in [3.05, 3.63) is 72.5 Å². The number of likely N-dealkylation sites (N-methyl/N-ethyl adjacent to an activating group) is 1. The molecule has 2 N–H and O–H groups in total. The molecule has 1 aliphatic rings. The van der Waals surface area contributed by atoms with E-state index in [1.165, 1.54) is 5.69 Å². The van der Waals surface area contributed by atoms with Crippen LogP contribution in [-0.2, 0) is 0 Å². The van der Waals surface area contributed by atoms with Gasteiger partial charge >= 0.3 is 0 Å². The van der Waals surface area contributed by atoms with Crippen LogP contribution in [0.3, 0.4) is 0 Å². The molecule has 1 fully saturated rings. The van der Waals surface area contributed by atoms with Gasteiger partial charge in [0.25, 0.3) is 0 Å². The molecule has 3 aromatic heterocycles. The topological polar surface area (TPSA) is 63.8 Å². The van der Waals surface area contributed by atoms with Gasteiger partial charge in [0, 0.05) is 48.8 Å². The maximum atomic E-state index is 4.66. The molecule has 1 aromatic carbocycles. The zero-order chi connectivity index (χ0) is 22.9. The minimum absolute atomic E-state index is 0.896. The molecule has 0 bridgehead atoms. The molecule has 0 amide bonds. The molecular formula is C27H30N6. The number of piperazine rings is 1. The van der Waals surface area contributed by atoms with Crippen molar-refractivity contribution in [2.24, 2.45) is 0 Å². The maximum Gasteiger partial charge on any atom is 0.139 e. The van der Waals surface area contributed by atoms with E-state index in [0.717, 1.165) is 76.2 Å². The molecule has 1 saturated heterocycles. The third kappa shape index (κ3) is 3.98. The fourth-order valence-electron chi connectivity index (χ4n) is 4.50. The number of fused-ring (bicyclic) bond motifs is 2. The molecule has 6 heteroatoms. The standard InChI is InChI=1S/C27H30N6/c1-5-18(3)15-19(6-2)20-7-8-23-21(16-20)26(31-30-23)24-17-22-25(9-10-28-27(22)29-24)33-13-11-32(4)12-14-33/h5-10,15-17H,1,11-14H2,2-4H3,(H,28,29)(H,30,31)/b18-15-,19-6+. The summed E-state index contributed by atoms with van der Waals surface area (Å²) >= 11 is 0. The Balaban J connectivity index is 1.57. The first-order valence-corrected chi connectivity index (χ1v) is 11.4. The number of anilines is 1. The van der Waals surface area contributed by atoms with Gasteiger partial charge in [-0.2, -0.15) is 5.10 Å². The van der Waals surface area contributed by atoms with Gasteiger partial charge in [0.15, 0.2) is 0 Å². The average molecular weight is 439 g/mol. The number of H-pyrrole nitrogens is 2. The van der Waals surface area contributed by atoms with E-state index in [-0.39, 0.29) is 0 Å². The van der Waals surface area contributed by atoms with Gasteiger partial charge in [-0.15, -0.1) is 0 Å². The van der Waals surface area contributed by atoms with E-state index in [1.807, 2.05) is 12.3 Å². The smallest absolute Gasteiger partial charge is 0.139 e. The van der Waals surface area contributed by atoms with E-state index in [4.69, 9.17) is 0 Å². The van der Waals surface area contributed by atoms with E-state index in [1.54, 1.807) is 0 Å². The molecule has 168 valence electrons. The lowest BCUT2D eigenvalue weighted by molar-refractivity contribution is 0.313. The lowest BCUT2D eigenvalue weighted by Gasteiger charge is -2.34. The number of pyridine rings is 1. The Morgan fingerprint density at radius 1 is 1.09 bits per heavy atom. The molecule has 4 aromatic rings. The van der Waals surface area contributed by atoms with E-state index in [0.29, 0.717) is 0 Å². The Morgan fingerprint density at radius 3 is 2.67 bits per heavy atom. The molecule has 33 heavy (non-hydrogen) atoms. The van der Waals surface area contributed by atoms with Crippen molar-refractivity contribution in [1.82, 2.24) is 25.1 Å². The lowest BCUT2D eigenvalue weighted by Crippen LogP contribution is -2.44. The number of aromatic nitrogens is 4. The molecule has 1 aliphatic heterocycles. The van der Waals surface area contributed by atoms with Crippen LogP contribution in [0.2, 0.25) is 0 Å². The van der Waals surface area contributed by atoms with Gasteiger partial charge in [-0.05, 0) is 56.3 Å². The van der Waals surface area contributed by atoms with Gasteiger partial charge in [0.05, 0.1) is 11.2 Å². The molecule has 0 spiro atoms. The summed E-state index contributed by atoms with van der Waals surface area (Å²) < 4.78 is 0. The summed E-state index contributed by atoms with van der Waals surface area (Å²) in [5.41, 5.74) is 8.48. The van der Waals surface area contributed by atoms with Gasteiger partial charge in [-0.25, -0.2) is 4.98 Å². The van der Waals surface area contributed by atoms with Gasteiger partial charge < -0.3 is 14.8 Å². The number of nitrogens with zero attached hydrogens (tertiary/aromatic N) is 4. The molecule has 6 nitrogen and oxygen atoms in total. The first-order chi connectivity index (χ1) is 16.1. The van der Waals surface area contributed by atoms with Crippen LogP contribution < -0.4 is 4.90 Å². The van der Waals surface area contributed by atoms with E-state index < -0.39 is 0 Å². The normalized spacial score (nSPS) is 16.2. The molecule has 0 radical (unpaired) electrons. The van der Waals surface area contributed by atoms with Crippen LogP contribution in [0.15, 0.2) is 66.9 Å². The summed E-state index contributed by atoms with van der Waals surface area (Å²) in [6.45, 7) is 12.2. The fraction of sp³-hybridized carbons (Fsp3) is 0.259. The number of benzene rings is 1. The van der Waals surface area contributed by atoms with Crippen molar-refractivity contribution < 1.29 is 0 Å². The lowest BCUT2D eigenvalue weighted by atomic mass is 10.0. The molecule has 0 aliphatic carbocycles. The average Bonchev–Trinajstić information content (AvgIpc) is 3.46. The maximum absolute atomic E-state index is 4.66. The van der Waals surface area contributed by atoms with Crippen molar-refractivity contribution in [3.8, 4) is 11.4 Å². The van der Waals surface area contributed by atoms with Crippen molar-refractivity contribution in [1.29, 1.82) is 0 Å². The SMILES string of the molecule is C=C/C(C)=C\C(=C/C)c1ccc2[nH]nc(-c3cc4c(N5CCN(C)CC5)ccnc4[nH]3)c2c1. The number of rotatable bonds is 5. The Hall–Kier alpha value is -3.64. The second-order valence-corrected chi connectivity index (χ2v) is 8.73. The van der Waals surface area contributed by atoms with Crippen molar-refractivity contribution in [2.45, 2.75) is 13.8 Å². The van der Waals surface area contributed by atoms with E-state index in [9.17, 15) is 0 Å². The van der Waals surface area contributed by atoms with Crippen LogP contribution in [-0.4, -0.2) is 58.3 Å². The van der Waals surface area contributed by atoms with E-state index >= 15 is 0 Å². The number of aromatic amines is 2. The molecular weight excluding hydrogens is 408 g/mol. The highest BCUT2D eigenvalue weighted by Gasteiger charge is 2.19. The van der Waals surface area contributed by atoms with Gasteiger partial charge in [-0.3, -0.25) is 5.10 Å². The summed E-state index contributed by atoms with van der Waals surface area (Å²) in [6, 6.07) is 10.7. The highest BCUT2D eigenvalue weighted by Crippen LogP contribution is 2.34. The zero-order valence-electron chi connectivity index (χ0n) is 19.5. The summed E-state index contributed by atoms with van der Waals surface area (Å²) in [4.78, 5) is 12.9. The number of hydrogen-bond acceptors (Lipinski definition) is 4. The molecule has 5 rings (SSSR count). The molecule has 0 saturated carbocycles. The Labute approximate surface area is 194 Å².